The highest BCUT2D eigenvalue weighted by Crippen LogP contribution is 2.24. The van der Waals surface area contributed by atoms with Crippen molar-refractivity contribution in [3.05, 3.63) is 28.7 Å². The highest BCUT2D eigenvalue weighted by Gasteiger charge is 2.07. The van der Waals surface area contributed by atoms with Crippen LogP contribution >= 0.6 is 15.9 Å². The van der Waals surface area contributed by atoms with Gasteiger partial charge in [-0.1, -0.05) is 19.1 Å². The summed E-state index contributed by atoms with van der Waals surface area (Å²) in [5.41, 5.74) is 0. The summed E-state index contributed by atoms with van der Waals surface area (Å²) in [6.07, 6.45) is 0.455. The maximum Gasteiger partial charge on any atom is 0.219 e. The molecule has 0 fully saturated rings. The third-order valence-corrected chi connectivity index (χ3v) is 2.73. The molecule has 0 bridgehead atoms. The smallest absolute Gasteiger partial charge is 0.219 e. The predicted octanol–water partition coefficient (Wildman–Crippen LogP) is 2.74. The van der Waals surface area contributed by atoms with Crippen molar-refractivity contribution >= 4 is 21.8 Å². The Labute approximate surface area is 104 Å². The fourth-order valence-corrected chi connectivity index (χ4v) is 1.56. The summed E-state index contributed by atoms with van der Waals surface area (Å²) in [5, 5.41) is 2.79. The largest absolute Gasteiger partial charge is 0.488 e. The molecule has 0 saturated carbocycles. The number of hydrogen-bond acceptors (Lipinski definition) is 2. The zero-order valence-corrected chi connectivity index (χ0v) is 11.1. The maximum absolute atomic E-state index is 11.1. The van der Waals surface area contributed by atoms with E-state index in [9.17, 15) is 4.79 Å². The van der Waals surface area contributed by atoms with Gasteiger partial charge >= 0.3 is 0 Å². The van der Waals surface area contributed by atoms with Crippen molar-refractivity contribution < 1.29 is 9.53 Å². The Hall–Kier alpha value is -1.03. The molecule has 0 unspecified atom stereocenters. The van der Waals surface area contributed by atoms with Crippen molar-refractivity contribution in [2.75, 3.05) is 6.54 Å². The monoisotopic (exact) mass is 285 g/mol. The molecule has 0 aliphatic rings. The fourth-order valence-electron chi connectivity index (χ4n) is 1.18. The predicted molar refractivity (Wildman–Crippen MR) is 67.5 cm³/mol. The Morgan fingerprint density at radius 2 is 2.19 bits per heavy atom. The number of amides is 1. The molecule has 1 atom stereocenters. The number of rotatable bonds is 5. The lowest BCUT2D eigenvalue weighted by Gasteiger charge is -2.16. The van der Waals surface area contributed by atoms with Gasteiger partial charge in [-0.25, -0.2) is 0 Å². The summed E-state index contributed by atoms with van der Waals surface area (Å²) in [5.74, 6) is 0.836. The van der Waals surface area contributed by atoms with Gasteiger partial charge in [-0.2, -0.15) is 0 Å². The van der Waals surface area contributed by atoms with E-state index in [4.69, 9.17) is 4.74 Å². The van der Waals surface area contributed by atoms with Crippen LogP contribution in [0.2, 0.25) is 0 Å². The Kier molecular flexibility index (Phi) is 5.32. The number of benzene rings is 1. The first kappa shape index (κ1) is 13.0. The highest BCUT2D eigenvalue weighted by atomic mass is 79.9. The van der Waals surface area contributed by atoms with Crippen LogP contribution in [-0.4, -0.2) is 18.6 Å². The van der Waals surface area contributed by atoms with Gasteiger partial charge in [0.25, 0.3) is 0 Å². The summed E-state index contributed by atoms with van der Waals surface area (Å²) in [6.45, 7) is 4.28. The Morgan fingerprint density at radius 3 is 2.81 bits per heavy atom. The number of para-hydroxylation sites is 1. The third-order valence-electron chi connectivity index (χ3n) is 2.07. The maximum atomic E-state index is 11.1. The minimum Gasteiger partial charge on any atom is -0.488 e. The molecule has 0 heterocycles. The van der Waals surface area contributed by atoms with E-state index >= 15 is 0 Å². The molecule has 0 aliphatic carbocycles. The van der Waals surface area contributed by atoms with Crippen LogP contribution in [0, 0.1) is 0 Å². The number of nitrogens with one attached hydrogen (secondary N) is 1. The van der Waals surface area contributed by atoms with Crippen LogP contribution in [0.1, 0.15) is 20.3 Å². The van der Waals surface area contributed by atoms with Crippen molar-refractivity contribution in [1.29, 1.82) is 0 Å². The minimum absolute atomic E-state index is 0.0441. The van der Waals surface area contributed by atoms with E-state index in [1.807, 2.05) is 38.1 Å². The third kappa shape index (κ3) is 4.23. The number of halogens is 1. The zero-order valence-electron chi connectivity index (χ0n) is 9.50. The fraction of sp³-hybridized carbons (Fsp3) is 0.417. The van der Waals surface area contributed by atoms with Gasteiger partial charge in [0.15, 0.2) is 0 Å². The number of hydrogen-bond donors (Lipinski definition) is 1. The van der Waals surface area contributed by atoms with Crippen LogP contribution in [0.5, 0.6) is 5.75 Å². The van der Waals surface area contributed by atoms with Gasteiger partial charge in [0.2, 0.25) is 5.91 Å². The van der Waals surface area contributed by atoms with Crippen LogP contribution in [0.3, 0.4) is 0 Å². The van der Waals surface area contributed by atoms with Crippen molar-refractivity contribution in [2.45, 2.75) is 26.4 Å². The number of carbonyl (C=O) groups excluding carboxylic acids is 1. The van der Waals surface area contributed by atoms with Crippen LogP contribution in [0.15, 0.2) is 28.7 Å². The summed E-state index contributed by atoms with van der Waals surface area (Å²) in [4.78, 5) is 11.1. The molecule has 16 heavy (non-hydrogen) atoms. The Morgan fingerprint density at radius 1 is 1.50 bits per heavy atom. The van der Waals surface area contributed by atoms with Gasteiger partial charge in [-0.15, -0.1) is 0 Å². The lowest BCUT2D eigenvalue weighted by atomic mass is 10.3. The molecule has 1 N–H and O–H groups in total. The van der Waals surface area contributed by atoms with E-state index in [0.717, 1.165) is 10.2 Å². The van der Waals surface area contributed by atoms with Crippen molar-refractivity contribution in [3.8, 4) is 5.75 Å². The lowest BCUT2D eigenvalue weighted by Crippen LogP contribution is -2.33. The van der Waals surface area contributed by atoms with Gasteiger partial charge in [0, 0.05) is 6.42 Å². The second-order valence-corrected chi connectivity index (χ2v) is 4.37. The standard InChI is InChI=1S/C12H16BrNO2/c1-3-12(15)14-8-9(2)16-11-7-5-4-6-10(11)13/h4-7,9H,3,8H2,1-2H3,(H,14,15)/t9-/m0/s1. The van der Waals surface area contributed by atoms with Crippen LogP contribution in [0.4, 0.5) is 0 Å². The van der Waals surface area contributed by atoms with Crippen molar-refractivity contribution in [2.24, 2.45) is 0 Å². The van der Waals surface area contributed by atoms with Gasteiger partial charge in [-0.05, 0) is 35.0 Å². The highest BCUT2D eigenvalue weighted by molar-refractivity contribution is 9.10. The normalized spacial score (nSPS) is 11.9. The first-order valence-electron chi connectivity index (χ1n) is 5.31. The van der Waals surface area contributed by atoms with Crippen molar-refractivity contribution in [1.82, 2.24) is 5.32 Å². The first-order valence-corrected chi connectivity index (χ1v) is 6.10. The van der Waals surface area contributed by atoms with Crippen LogP contribution < -0.4 is 10.1 Å². The van der Waals surface area contributed by atoms with Gasteiger partial charge in [0.05, 0.1) is 11.0 Å². The summed E-state index contributed by atoms with van der Waals surface area (Å²) >= 11 is 3.41. The molecule has 88 valence electrons. The molecule has 1 aromatic carbocycles. The molecule has 1 aromatic rings. The van der Waals surface area contributed by atoms with E-state index in [1.165, 1.54) is 0 Å². The van der Waals surface area contributed by atoms with E-state index in [1.54, 1.807) is 0 Å². The first-order chi connectivity index (χ1) is 7.63. The molecule has 3 nitrogen and oxygen atoms in total. The second kappa shape index (κ2) is 6.53. The Bertz CT molecular complexity index is 355. The second-order valence-electron chi connectivity index (χ2n) is 3.52. The van der Waals surface area contributed by atoms with E-state index in [-0.39, 0.29) is 12.0 Å². The summed E-state index contributed by atoms with van der Waals surface area (Å²) < 4.78 is 6.60. The molecule has 1 amide bonds. The molecular weight excluding hydrogens is 270 g/mol. The summed E-state index contributed by atoms with van der Waals surface area (Å²) in [7, 11) is 0. The number of carbonyl (C=O) groups is 1. The van der Waals surface area contributed by atoms with Crippen molar-refractivity contribution in [3.63, 3.8) is 0 Å². The molecular formula is C12H16BrNO2. The van der Waals surface area contributed by atoms with Gasteiger partial charge < -0.3 is 10.1 Å². The molecule has 0 radical (unpaired) electrons. The molecule has 1 rings (SSSR count). The van der Waals surface area contributed by atoms with Gasteiger partial charge in [0.1, 0.15) is 11.9 Å². The van der Waals surface area contributed by atoms with E-state index in [0.29, 0.717) is 13.0 Å². The zero-order chi connectivity index (χ0) is 12.0. The molecule has 0 spiro atoms. The topological polar surface area (TPSA) is 38.3 Å². The number of ether oxygens (including phenoxy) is 1. The molecule has 0 saturated heterocycles. The summed E-state index contributed by atoms with van der Waals surface area (Å²) in [6, 6.07) is 7.66. The molecule has 4 heteroatoms. The average Bonchev–Trinajstić information content (AvgIpc) is 2.29. The minimum atomic E-state index is -0.0470. The van der Waals surface area contributed by atoms with Crippen LogP contribution in [-0.2, 0) is 4.79 Å². The SMILES string of the molecule is CCC(=O)NC[C@H](C)Oc1ccccc1Br. The van der Waals surface area contributed by atoms with E-state index < -0.39 is 0 Å². The van der Waals surface area contributed by atoms with Gasteiger partial charge in [-0.3, -0.25) is 4.79 Å². The average molecular weight is 286 g/mol. The Balaban J connectivity index is 2.43. The lowest BCUT2D eigenvalue weighted by molar-refractivity contribution is -0.121. The molecule has 0 aliphatic heterocycles. The van der Waals surface area contributed by atoms with Crippen LogP contribution in [0.25, 0.3) is 0 Å². The molecule has 0 aromatic heterocycles. The van der Waals surface area contributed by atoms with E-state index in [2.05, 4.69) is 21.2 Å². The quantitative estimate of drug-likeness (QED) is 0.903.